The molecule has 0 amide bonds. The molecular formula is C21H30BrF3O2. The van der Waals surface area contributed by atoms with E-state index in [1.807, 2.05) is 0 Å². The third kappa shape index (κ3) is 3.03. The summed E-state index contributed by atoms with van der Waals surface area (Å²) in [6.07, 6.45) is 1.60. The van der Waals surface area contributed by atoms with Gasteiger partial charge in [0.15, 0.2) is 5.60 Å². The lowest BCUT2D eigenvalue weighted by atomic mass is 9.49. The van der Waals surface area contributed by atoms with Gasteiger partial charge in [0, 0.05) is 5.92 Å². The van der Waals surface area contributed by atoms with Crippen LogP contribution in [0, 0.1) is 40.9 Å². The summed E-state index contributed by atoms with van der Waals surface area (Å²) < 4.78 is 39.9. The number of rotatable bonds is 2. The maximum absolute atomic E-state index is 13.3. The molecule has 4 fully saturated rings. The first-order valence-corrected chi connectivity index (χ1v) is 11.6. The van der Waals surface area contributed by atoms with Crippen LogP contribution in [0.2, 0.25) is 0 Å². The van der Waals surface area contributed by atoms with Crippen molar-refractivity contribution in [3.05, 3.63) is 0 Å². The van der Waals surface area contributed by atoms with Crippen LogP contribution in [-0.4, -0.2) is 28.0 Å². The second-order valence-corrected chi connectivity index (χ2v) is 10.5. The van der Waals surface area contributed by atoms with Crippen molar-refractivity contribution in [2.45, 2.75) is 76.5 Å². The SMILES string of the molecule is C[C@]12CCC3[C@H]4CC[C@](O)(C(F)(F)F)C[C@H]4CC[C@H]3[C@@H]1CC[C@@H]2C(=O)CBr. The van der Waals surface area contributed by atoms with Crippen molar-refractivity contribution in [3.63, 3.8) is 0 Å². The fourth-order valence-electron chi connectivity index (χ4n) is 7.76. The number of alkyl halides is 4. The maximum Gasteiger partial charge on any atom is 0.417 e. The Hall–Kier alpha value is -0.100. The number of aliphatic hydroxyl groups is 1. The minimum atomic E-state index is -4.52. The lowest BCUT2D eigenvalue weighted by Crippen LogP contribution is -2.55. The zero-order chi connectivity index (χ0) is 19.6. The number of hydrogen-bond donors (Lipinski definition) is 1. The van der Waals surface area contributed by atoms with E-state index in [9.17, 15) is 23.1 Å². The Labute approximate surface area is 167 Å². The molecule has 0 radical (unpaired) electrons. The number of carbonyl (C=O) groups excluding carboxylic acids is 1. The summed E-state index contributed by atoms with van der Waals surface area (Å²) in [5.74, 6) is 2.35. The quantitative estimate of drug-likeness (QED) is 0.562. The fourth-order valence-corrected chi connectivity index (χ4v) is 8.15. The van der Waals surface area contributed by atoms with Crippen molar-refractivity contribution < 1.29 is 23.1 Å². The molecule has 0 heterocycles. The Bertz CT molecular complexity index is 609. The summed E-state index contributed by atoms with van der Waals surface area (Å²) in [5.41, 5.74) is -2.41. The lowest BCUT2D eigenvalue weighted by Gasteiger charge is -2.57. The predicted molar refractivity (Wildman–Crippen MR) is 100 cm³/mol. The molecule has 0 aromatic carbocycles. The molecule has 0 aliphatic heterocycles. The van der Waals surface area contributed by atoms with Gasteiger partial charge in [0.1, 0.15) is 5.78 Å². The highest BCUT2D eigenvalue weighted by molar-refractivity contribution is 9.09. The van der Waals surface area contributed by atoms with Gasteiger partial charge in [0.05, 0.1) is 5.33 Å². The summed E-state index contributed by atoms with van der Waals surface area (Å²) in [4.78, 5) is 12.4. The van der Waals surface area contributed by atoms with E-state index in [4.69, 9.17) is 0 Å². The normalized spacial score (nSPS) is 49.9. The van der Waals surface area contributed by atoms with Gasteiger partial charge in [0.2, 0.25) is 0 Å². The number of carbonyl (C=O) groups is 1. The number of ketones is 1. The van der Waals surface area contributed by atoms with Crippen molar-refractivity contribution >= 4 is 21.7 Å². The maximum atomic E-state index is 13.3. The Kier molecular flexibility index (Phi) is 5.02. The van der Waals surface area contributed by atoms with Crippen LogP contribution in [0.4, 0.5) is 13.2 Å². The second kappa shape index (κ2) is 6.72. The standard InChI is InChI=1S/C21H30BrF3O2/c1-19-8-6-14-13-7-9-20(27,21(23,24)25)10-12(13)2-3-15(14)16(19)4-5-17(19)18(26)11-22/h12-17,27H,2-11H2,1H3/t12-,13+,14?,15-,16+,17-,19+,20-/m1/s1. The van der Waals surface area contributed by atoms with Crippen LogP contribution < -0.4 is 0 Å². The highest BCUT2D eigenvalue weighted by Crippen LogP contribution is 2.65. The summed E-state index contributed by atoms with van der Waals surface area (Å²) in [6.45, 7) is 2.29. The van der Waals surface area contributed by atoms with Gasteiger partial charge in [-0.3, -0.25) is 4.79 Å². The second-order valence-electron chi connectivity index (χ2n) is 9.98. The highest BCUT2D eigenvalue weighted by atomic mass is 79.9. The molecule has 0 spiro atoms. The van der Waals surface area contributed by atoms with Gasteiger partial charge in [-0.05, 0) is 92.8 Å². The Morgan fingerprint density at radius 2 is 1.74 bits per heavy atom. The van der Waals surface area contributed by atoms with Gasteiger partial charge in [-0.1, -0.05) is 22.9 Å². The Morgan fingerprint density at radius 1 is 1.04 bits per heavy atom. The van der Waals surface area contributed by atoms with E-state index in [0.717, 1.165) is 38.5 Å². The van der Waals surface area contributed by atoms with Crippen LogP contribution >= 0.6 is 15.9 Å². The molecule has 4 aliphatic carbocycles. The van der Waals surface area contributed by atoms with Gasteiger partial charge < -0.3 is 5.11 Å². The molecule has 4 saturated carbocycles. The zero-order valence-electron chi connectivity index (χ0n) is 15.9. The average Bonchev–Trinajstić information content (AvgIpc) is 2.97. The average molecular weight is 451 g/mol. The van der Waals surface area contributed by atoms with Gasteiger partial charge >= 0.3 is 6.18 Å². The van der Waals surface area contributed by atoms with Crippen molar-refractivity contribution in [2.75, 3.05) is 5.33 Å². The zero-order valence-corrected chi connectivity index (χ0v) is 17.5. The Balaban J connectivity index is 1.52. The van der Waals surface area contributed by atoms with E-state index in [1.54, 1.807) is 0 Å². The molecule has 4 aliphatic rings. The molecule has 0 aromatic rings. The summed E-state index contributed by atoms with van der Waals surface area (Å²) in [6, 6.07) is 0. The molecule has 1 unspecified atom stereocenters. The van der Waals surface area contributed by atoms with Crippen LogP contribution in [0.25, 0.3) is 0 Å². The number of fused-ring (bicyclic) bond motifs is 5. The molecular weight excluding hydrogens is 421 g/mol. The molecule has 6 heteroatoms. The number of halogens is 4. The molecule has 27 heavy (non-hydrogen) atoms. The molecule has 4 rings (SSSR count). The van der Waals surface area contributed by atoms with E-state index in [1.165, 1.54) is 0 Å². The largest absolute Gasteiger partial charge is 0.417 e. The minimum absolute atomic E-state index is 0.00245. The first-order chi connectivity index (χ1) is 12.6. The molecule has 2 nitrogen and oxygen atoms in total. The molecule has 154 valence electrons. The van der Waals surface area contributed by atoms with Crippen molar-refractivity contribution in [2.24, 2.45) is 40.9 Å². The molecule has 0 saturated heterocycles. The predicted octanol–water partition coefficient (Wildman–Crippen LogP) is 5.51. The van der Waals surface area contributed by atoms with E-state index >= 15 is 0 Å². The monoisotopic (exact) mass is 450 g/mol. The summed E-state index contributed by atoms with van der Waals surface area (Å²) in [5, 5.41) is 10.6. The molecule has 1 N–H and O–H groups in total. The van der Waals surface area contributed by atoms with Crippen LogP contribution in [-0.2, 0) is 4.79 Å². The minimum Gasteiger partial charge on any atom is -0.380 e. The van der Waals surface area contributed by atoms with Crippen LogP contribution in [0.15, 0.2) is 0 Å². The van der Waals surface area contributed by atoms with Gasteiger partial charge in [-0.15, -0.1) is 0 Å². The van der Waals surface area contributed by atoms with E-state index in [-0.39, 0.29) is 30.1 Å². The van der Waals surface area contributed by atoms with E-state index in [0.29, 0.717) is 41.2 Å². The smallest absolute Gasteiger partial charge is 0.380 e. The van der Waals surface area contributed by atoms with E-state index in [2.05, 4.69) is 22.9 Å². The molecule has 8 atom stereocenters. The lowest BCUT2D eigenvalue weighted by molar-refractivity contribution is -0.282. The van der Waals surface area contributed by atoms with Gasteiger partial charge in [-0.25, -0.2) is 0 Å². The van der Waals surface area contributed by atoms with Gasteiger partial charge in [-0.2, -0.15) is 13.2 Å². The first kappa shape index (κ1) is 20.2. The Morgan fingerprint density at radius 3 is 2.41 bits per heavy atom. The first-order valence-electron chi connectivity index (χ1n) is 10.5. The van der Waals surface area contributed by atoms with Crippen molar-refractivity contribution in [1.82, 2.24) is 0 Å². The van der Waals surface area contributed by atoms with Crippen LogP contribution in [0.5, 0.6) is 0 Å². The third-order valence-electron chi connectivity index (χ3n) is 9.06. The fraction of sp³-hybridized carbons (Fsp3) is 0.952. The summed E-state index contributed by atoms with van der Waals surface area (Å²) in [7, 11) is 0. The number of hydrogen-bond acceptors (Lipinski definition) is 2. The topological polar surface area (TPSA) is 37.3 Å². The van der Waals surface area contributed by atoms with Gasteiger partial charge in [0.25, 0.3) is 0 Å². The number of Topliss-reactive ketones (excluding diaryl/α,β-unsaturated/α-hetero) is 1. The van der Waals surface area contributed by atoms with Crippen LogP contribution in [0.3, 0.4) is 0 Å². The highest BCUT2D eigenvalue weighted by Gasteiger charge is 2.62. The summed E-state index contributed by atoms with van der Waals surface area (Å²) >= 11 is 3.34. The van der Waals surface area contributed by atoms with E-state index < -0.39 is 11.8 Å². The molecule has 0 aromatic heterocycles. The van der Waals surface area contributed by atoms with Crippen LogP contribution in [0.1, 0.15) is 64.7 Å². The van der Waals surface area contributed by atoms with Crippen molar-refractivity contribution in [3.8, 4) is 0 Å². The molecule has 0 bridgehead atoms. The van der Waals surface area contributed by atoms with Crippen molar-refractivity contribution in [1.29, 1.82) is 0 Å². The third-order valence-corrected chi connectivity index (χ3v) is 9.61.